The van der Waals surface area contributed by atoms with E-state index in [4.69, 9.17) is 4.74 Å². The quantitative estimate of drug-likeness (QED) is 0.763. The molecule has 1 aromatic rings. The zero-order valence-corrected chi connectivity index (χ0v) is 11.6. The maximum atomic E-state index is 13.3. The van der Waals surface area contributed by atoms with Crippen LogP contribution in [0.2, 0.25) is 0 Å². The monoisotopic (exact) mass is 270 g/mol. The van der Waals surface area contributed by atoms with Crippen LogP contribution in [-0.4, -0.2) is 29.0 Å². The van der Waals surface area contributed by atoms with Crippen molar-refractivity contribution in [1.29, 1.82) is 0 Å². The number of aliphatic hydroxyl groups is 2. The highest BCUT2D eigenvalue weighted by Crippen LogP contribution is 2.22. The number of hydrogen-bond acceptors (Lipinski definition) is 3. The lowest BCUT2D eigenvalue weighted by molar-refractivity contribution is 0.0129. The number of rotatable bonds is 8. The van der Waals surface area contributed by atoms with Crippen molar-refractivity contribution in [3.8, 4) is 5.75 Å². The number of aliphatic hydroxyl groups excluding tert-OH is 2. The van der Waals surface area contributed by atoms with Gasteiger partial charge in [0.25, 0.3) is 0 Å². The number of benzene rings is 1. The van der Waals surface area contributed by atoms with E-state index in [0.29, 0.717) is 31.6 Å². The number of hydrogen-bond donors (Lipinski definition) is 2. The van der Waals surface area contributed by atoms with Gasteiger partial charge >= 0.3 is 0 Å². The fourth-order valence-corrected chi connectivity index (χ4v) is 1.86. The van der Waals surface area contributed by atoms with E-state index in [-0.39, 0.29) is 5.82 Å². The zero-order valence-electron chi connectivity index (χ0n) is 11.6. The third-order valence-corrected chi connectivity index (χ3v) is 3.06. The van der Waals surface area contributed by atoms with E-state index in [1.165, 1.54) is 12.1 Å². The van der Waals surface area contributed by atoms with Crippen LogP contribution >= 0.6 is 0 Å². The number of halogens is 1. The van der Waals surface area contributed by atoms with E-state index >= 15 is 0 Å². The van der Waals surface area contributed by atoms with Crippen LogP contribution in [-0.2, 0) is 6.42 Å². The number of ether oxygens (including phenoxy) is 1. The van der Waals surface area contributed by atoms with E-state index in [2.05, 4.69) is 0 Å². The molecule has 0 radical (unpaired) electrons. The van der Waals surface area contributed by atoms with Crippen molar-refractivity contribution in [1.82, 2.24) is 0 Å². The molecule has 0 fully saturated rings. The first kappa shape index (κ1) is 15.9. The maximum Gasteiger partial charge on any atom is 0.123 e. The van der Waals surface area contributed by atoms with E-state index < -0.39 is 12.2 Å². The average Bonchev–Trinajstić information content (AvgIpc) is 2.42. The first-order valence-corrected chi connectivity index (χ1v) is 6.85. The first-order chi connectivity index (χ1) is 9.08. The highest BCUT2D eigenvalue weighted by atomic mass is 19.1. The van der Waals surface area contributed by atoms with Gasteiger partial charge in [-0.1, -0.05) is 13.8 Å². The highest BCUT2D eigenvalue weighted by molar-refractivity contribution is 5.34. The molecule has 0 spiro atoms. The minimum absolute atomic E-state index is 0.315. The summed E-state index contributed by atoms with van der Waals surface area (Å²) in [6, 6.07) is 4.41. The second-order valence-electron chi connectivity index (χ2n) is 4.68. The van der Waals surface area contributed by atoms with Crippen LogP contribution in [0.1, 0.15) is 38.7 Å². The van der Waals surface area contributed by atoms with Crippen LogP contribution < -0.4 is 4.74 Å². The van der Waals surface area contributed by atoms with Crippen molar-refractivity contribution in [2.75, 3.05) is 6.61 Å². The van der Waals surface area contributed by atoms with Crippen LogP contribution in [0.3, 0.4) is 0 Å². The summed E-state index contributed by atoms with van der Waals surface area (Å²) in [5.74, 6) is 0.339. The average molecular weight is 270 g/mol. The smallest absolute Gasteiger partial charge is 0.123 e. The fraction of sp³-hybridized carbons (Fsp3) is 0.600. The molecule has 0 bridgehead atoms. The van der Waals surface area contributed by atoms with E-state index in [0.717, 1.165) is 12.0 Å². The molecule has 0 aromatic heterocycles. The molecular formula is C15H23FO3. The Labute approximate surface area is 114 Å². The summed E-state index contributed by atoms with van der Waals surface area (Å²) in [6.07, 6.45) is 0.744. The molecule has 0 saturated carbocycles. The lowest BCUT2D eigenvalue weighted by atomic mass is 10.0. The predicted molar refractivity (Wildman–Crippen MR) is 72.8 cm³/mol. The molecule has 1 rings (SSSR count). The Kier molecular flexibility index (Phi) is 6.81. The largest absolute Gasteiger partial charge is 0.493 e. The van der Waals surface area contributed by atoms with Gasteiger partial charge in [-0.25, -0.2) is 4.39 Å². The summed E-state index contributed by atoms with van der Waals surface area (Å²) in [7, 11) is 0. The lowest BCUT2D eigenvalue weighted by Crippen LogP contribution is -2.25. The van der Waals surface area contributed by atoms with Crippen molar-refractivity contribution in [3.63, 3.8) is 0 Å². The van der Waals surface area contributed by atoms with Crippen molar-refractivity contribution in [2.24, 2.45) is 0 Å². The third kappa shape index (κ3) is 5.17. The molecule has 0 aliphatic carbocycles. The van der Waals surface area contributed by atoms with Gasteiger partial charge in [0.2, 0.25) is 0 Å². The second kappa shape index (κ2) is 8.12. The summed E-state index contributed by atoms with van der Waals surface area (Å²) in [5, 5.41) is 19.2. The van der Waals surface area contributed by atoms with Crippen LogP contribution in [0, 0.1) is 5.82 Å². The Hall–Kier alpha value is -1.13. The Morgan fingerprint density at radius 3 is 2.58 bits per heavy atom. The van der Waals surface area contributed by atoms with Crippen LogP contribution in [0.25, 0.3) is 0 Å². The van der Waals surface area contributed by atoms with Crippen LogP contribution in [0.15, 0.2) is 18.2 Å². The van der Waals surface area contributed by atoms with Crippen molar-refractivity contribution in [3.05, 3.63) is 29.6 Å². The lowest BCUT2D eigenvalue weighted by Gasteiger charge is -2.17. The molecule has 108 valence electrons. The molecule has 2 N–H and O–H groups in total. The van der Waals surface area contributed by atoms with Crippen molar-refractivity contribution in [2.45, 2.75) is 51.7 Å². The molecule has 0 saturated heterocycles. The molecule has 0 heterocycles. The van der Waals surface area contributed by atoms with E-state index in [1.807, 2.05) is 13.8 Å². The Morgan fingerprint density at radius 1 is 1.21 bits per heavy atom. The van der Waals surface area contributed by atoms with Crippen molar-refractivity contribution >= 4 is 0 Å². The molecule has 19 heavy (non-hydrogen) atoms. The minimum atomic E-state index is -0.785. The van der Waals surface area contributed by atoms with Gasteiger partial charge in [0.05, 0.1) is 18.8 Å². The summed E-state index contributed by atoms with van der Waals surface area (Å²) >= 11 is 0. The van der Waals surface area contributed by atoms with Gasteiger partial charge in [-0.3, -0.25) is 0 Å². The van der Waals surface area contributed by atoms with Gasteiger partial charge in [-0.05, 0) is 49.4 Å². The molecule has 0 aliphatic heterocycles. The summed E-state index contributed by atoms with van der Waals surface area (Å²) in [5.41, 5.74) is 0.732. The Bertz CT molecular complexity index is 382. The normalized spacial score (nSPS) is 14.2. The topological polar surface area (TPSA) is 49.7 Å². The Balaban J connectivity index is 2.67. The van der Waals surface area contributed by atoms with Gasteiger partial charge in [0.15, 0.2) is 0 Å². The van der Waals surface area contributed by atoms with Crippen LogP contribution in [0.5, 0.6) is 5.75 Å². The molecule has 4 heteroatoms. The standard InChI is InChI=1S/C15H23FO3/c1-3-9-19-15-8-6-12(16)10-11(15)5-7-14(18)13(17)4-2/h6,8,10,13-14,17-18H,3-5,7,9H2,1-2H3. The SMILES string of the molecule is CCCOc1ccc(F)cc1CCC(O)C(O)CC. The molecular weight excluding hydrogens is 247 g/mol. The second-order valence-corrected chi connectivity index (χ2v) is 4.68. The Morgan fingerprint density at radius 2 is 1.95 bits per heavy atom. The number of aryl methyl sites for hydroxylation is 1. The van der Waals surface area contributed by atoms with E-state index in [9.17, 15) is 14.6 Å². The van der Waals surface area contributed by atoms with Gasteiger partial charge in [-0.2, -0.15) is 0 Å². The van der Waals surface area contributed by atoms with Crippen LogP contribution in [0.4, 0.5) is 4.39 Å². The molecule has 1 aromatic carbocycles. The minimum Gasteiger partial charge on any atom is -0.493 e. The third-order valence-electron chi connectivity index (χ3n) is 3.06. The van der Waals surface area contributed by atoms with Crippen molar-refractivity contribution < 1.29 is 19.3 Å². The van der Waals surface area contributed by atoms with Gasteiger partial charge in [0.1, 0.15) is 11.6 Å². The van der Waals surface area contributed by atoms with Gasteiger partial charge < -0.3 is 14.9 Å². The van der Waals surface area contributed by atoms with Gasteiger partial charge in [-0.15, -0.1) is 0 Å². The highest BCUT2D eigenvalue weighted by Gasteiger charge is 2.15. The first-order valence-electron chi connectivity index (χ1n) is 6.85. The summed E-state index contributed by atoms with van der Waals surface area (Å²) < 4.78 is 18.8. The molecule has 3 nitrogen and oxygen atoms in total. The molecule has 0 amide bonds. The molecule has 2 unspecified atom stereocenters. The summed E-state index contributed by atoms with van der Waals surface area (Å²) in [4.78, 5) is 0. The zero-order chi connectivity index (χ0) is 14.3. The van der Waals surface area contributed by atoms with Gasteiger partial charge in [0, 0.05) is 0 Å². The van der Waals surface area contributed by atoms with E-state index in [1.54, 1.807) is 6.07 Å². The molecule has 0 aliphatic rings. The predicted octanol–water partition coefficient (Wildman–Crippen LogP) is 2.68. The summed E-state index contributed by atoms with van der Waals surface area (Å²) in [6.45, 7) is 4.40. The fourth-order valence-electron chi connectivity index (χ4n) is 1.86. The maximum absolute atomic E-state index is 13.3. The molecule has 2 atom stereocenters.